The van der Waals surface area contributed by atoms with Crippen molar-refractivity contribution in [3.63, 3.8) is 0 Å². The van der Waals surface area contributed by atoms with E-state index in [-0.39, 0.29) is 36.6 Å². The van der Waals surface area contributed by atoms with Gasteiger partial charge in [-0.3, -0.25) is 24.1 Å². The number of hydrogen-bond acceptors (Lipinski definition) is 6. The summed E-state index contributed by atoms with van der Waals surface area (Å²) in [5, 5.41) is 5.51. The molecule has 0 bridgehead atoms. The van der Waals surface area contributed by atoms with Gasteiger partial charge in [-0.1, -0.05) is 18.2 Å². The Hall–Kier alpha value is -3.66. The molecule has 4 amide bonds. The number of benzene rings is 1. The monoisotopic (exact) mass is 453 g/mol. The Kier molecular flexibility index (Phi) is 7.04. The van der Waals surface area contributed by atoms with Crippen LogP contribution in [0.4, 0.5) is 5.69 Å². The first-order chi connectivity index (χ1) is 16.0. The van der Waals surface area contributed by atoms with E-state index >= 15 is 0 Å². The molecule has 0 radical (unpaired) electrons. The SMILES string of the molecule is O=C(CC1C(=O)NCCN1C(=O)CN1CCN(C(=O)c2ccco2)CC1)Nc1ccccc1. The number of carbonyl (C=O) groups excluding carboxylic acids is 4. The molecule has 174 valence electrons. The van der Waals surface area contributed by atoms with Gasteiger partial charge < -0.3 is 24.9 Å². The zero-order valence-electron chi connectivity index (χ0n) is 18.2. The van der Waals surface area contributed by atoms with Crippen LogP contribution in [-0.4, -0.2) is 90.2 Å². The second-order valence-electron chi connectivity index (χ2n) is 8.06. The van der Waals surface area contributed by atoms with Crippen molar-refractivity contribution in [1.82, 2.24) is 20.0 Å². The summed E-state index contributed by atoms with van der Waals surface area (Å²) in [5.74, 6) is -0.718. The van der Waals surface area contributed by atoms with E-state index in [1.807, 2.05) is 11.0 Å². The van der Waals surface area contributed by atoms with Gasteiger partial charge in [0.15, 0.2) is 5.76 Å². The van der Waals surface area contributed by atoms with Gasteiger partial charge in [0.05, 0.1) is 19.2 Å². The molecule has 1 atom stereocenters. The summed E-state index contributed by atoms with van der Waals surface area (Å²) < 4.78 is 5.17. The Morgan fingerprint density at radius 1 is 1.00 bits per heavy atom. The topological polar surface area (TPSA) is 115 Å². The Balaban J connectivity index is 1.31. The molecule has 2 N–H and O–H groups in total. The van der Waals surface area contributed by atoms with Crippen molar-refractivity contribution in [2.45, 2.75) is 12.5 Å². The van der Waals surface area contributed by atoms with Crippen LogP contribution in [0.15, 0.2) is 53.1 Å². The molecule has 2 aliphatic rings. The standard InChI is InChI=1S/C23H27N5O5/c29-20(25-17-5-2-1-3-6-17)15-18-22(31)24-8-9-28(18)21(30)16-26-10-12-27(13-11-26)23(32)19-7-4-14-33-19/h1-7,14,18H,8-13,15-16H2,(H,24,31)(H,25,29). The van der Waals surface area contributed by atoms with Gasteiger partial charge in [-0.2, -0.15) is 0 Å². The minimum Gasteiger partial charge on any atom is -0.459 e. The van der Waals surface area contributed by atoms with Crippen molar-refractivity contribution in [1.29, 1.82) is 0 Å². The quantitative estimate of drug-likeness (QED) is 0.654. The molecule has 10 heteroatoms. The summed E-state index contributed by atoms with van der Waals surface area (Å²) in [6, 6.07) is 11.4. The number of hydrogen-bond donors (Lipinski definition) is 2. The molecule has 2 aromatic rings. The van der Waals surface area contributed by atoms with Crippen molar-refractivity contribution in [3.8, 4) is 0 Å². The predicted molar refractivity (Wildman–Crippen MR) is 119 cm³/mol. The fraction of sp³-hybridized carbons (Fsp3) is 0.391. The molecule has 10 nitrogen and oxygen atoms in total. The van der Waals surface area contributed by atoms with Crippen LogP contribution < -0.4 is 10.6 Å². The largest absolute Gasteiger partial charge is 0.459 e. The van der Waals surface area contributed by atoms with Crippen molar-refractivity contribution in [2.24, 2.45) is 0 Å². The van der Waals surface area contributed by atoms with Crippen LogP contribution in [0, 0.1) is 0 Å². The van der Waals surface area contributed by atoms with Crippen LogP contribution in [0.1, 0.15) is 17.0 Å². The first-order valence-electron chi connectivity index (χ1n) is 11.0. The van der Waals surface area contributed by atoms with Crippen molar-refractivity contribution in [2.75, 3.05) is 51.1 Å². The molecular formula is C23H27N5O5. The number of amides is 4. The molecule has 2 fully saturated rings. The Bertz CT molecular complexity index is 986. The maximum atomic E-state index is 13.0. The van der Waals surface area contributed by atoms with Crippen LogP contribution in [0.25, 0.3) is 0 Å². The number of carbonyl (C=O) groups is 4. The van der Waals surface area contributed by atoms with E-state index in [0.29, 0.717) is 50.7 Å². The number of para-hydroxylation sites is 1. The minimum absolute atomic E-state index is 0.113. The zero-order valence-corrected chi connectivity index (χ0v) is 18.2. The summed E-state index contributed by atoms with van der Waals surface area (Å²) in [6.45, 7) is 2.88. The molecule has 33 heavy (non-hydrogen) atoms. The van der Waals surface area contributed by atoms with Crippen molar-refractivity contribution in [3.05, 3.63) is 54.5 Å². The van der Waals surface area contributed by atoms with E-state index in [4.69, 9.17) is 4.42 Å². The Morgan fingerprint density at radius 3 is 2.45 bits per heavy atom. The van der Waals surface area contributed by atoms with Crippen LogP contribution in [0.3, 0.4) is 0 Å². The molecule has 2 aliphatic heterocycles. The number of nitrogens with one attached hydrogen (secondary N) is 2. The molecule has 1 aromatic carbocycles. The predicted octanol–water partition coefficient (Wildman–Crippen LogP) is 0.393. The minimum atomic E-state index is -0.850. The number of rotatable bonds is 6. The number of piperazine rings is 2. The van der Waals surface area contributed by atoms with Crippen LogP contribution in [0.5, 0.6) is 0 Å². The van der Waals surface area contributed by atoms with Gasteiger partial charge in [0.25, 0.3) is 5.91 Å². The lowest BCUT2D eigenvalue weighted by Gasteiger charge is -2.38. The summed E-state index contributed by atoms with van der Waals surface area (Å²) in [6.07, 6.45) is 1.35. The smallest absolute Gasteiger partial charge is 0.289 e. The van der Waals surface area contributed by atoms with Crippen molar-refractivity contribution >= 4 is 29.3 Å². The van der Waals surface area contributed by atoms with Gasteiger partial charge in [-0.25, -0.2) is 0 Å². The summed E-state index contributed by atoms with van der Waals surface area (Å²) in [7, 11) is 0. The van der Waals surface area contributed by atoms with Gasteiger partial charge in [0, 0.05) is 45.0 Å². The maximum absolute atomic E-state index is 13.0. The van der Waals surface area contributed by atoms with Crippen molar-refractivity contribution < 1.29 is 23.6 Å². The molecule has 3 heterocycles. The summed E-state index contributed by atoms with van der Waals surface area (Å²) >= 11 is 0. The zero-order chi connectivity index (χ0) is 23.2. The third-order valence-electron chi connectivity index (χ3n) is 5.84. The van der Waals surface area contributed by atoms with E-state index in [0.717, 1.165) is 0 Å². The maximum Gasteiger partial charge on any atom is 0.289 e. The second kappa shape index (κ2) is 10.3. The molecule has 2 saturated heterocycles. The van der Waals surface area contributed by atoms with Gasteiger partial charge in [0.2, 0.25) is 17.7 Å². The van der Waals surface area contributed by atoms with Gasteiger partial charge in [-0.15, -0.1) is 0 Å². The highest BCUT2D eigenvalue weighted by molar-refractivity contribution is 5.97. The molecule has 0 saturated carbocycles. The van der Waals surface area contributed by atoms with E-state index in [9.17, 15) is 19.2 Å². The van der Waals surface area contributed by atoms with E-state index in [1.165, 1.54) is 11.2 Å². The molecule has 1 unspecified atom stereocenters. The fourth-order valence-corrected chi connectivity index (χ4v) is 4.07. The van der Waals surface area contributed by atoms with E-state index in [1.54, 1.807) is 41.3 Å². The first-order valence-corrected chi connectivity index (χ1v) is 11.0. The average molecular weight is 453 g/mol. The molecule has 0 spiro atoms. The van der Waals surface area contributed by atoms with Gasteiger partial charge >= 0.3 is 0 Å². The lowest BCUT2D eigenvalue weighted by atomic mass is 10.1. The first kappa shape index (κ1) is 22.5. The molecule has 1 aromatic heterocycles. The highest BCUT2D eigenvalue weighted by Gasteiger charge is 2.35. The van der Waals surface area contributed by atoms with Crippen LogP contribution in [-0.2, 0) is 14.4 Å². The number of anilines is 1. The number of nitrogens with zero attached hydrogens (tertiary/aromatic N) is 3. The number of furan rings is 1. The fourth-order valence-electron chi connectivity index (χ4n) is 4.07. The average Bonchev–Trinajstić information content (AvgIpc) is 3.36. The highest BCUT2D eigenvalue weighted by Crippen LogP contribution is 2.14. The van der Waals surface area contributed by atoms with E-state index in [2.05, 4.69) is 10.6 Å². The molecule has 4 rings (SSSR count). The summed E-state index contributed by atoms with van der Waals surface area (Å²) in [5.41, 5.74) is 0.638. The van der Waals surface area contributed by atoms with Gasteiger partial charge in [0.1, 0.15) is 6.04 Å². The molecular weight excluding hydrogens is 426 g/mol. The third kappa shape index (κ3) is 5.58. The van der Waals surface area contributed by atoms with Crippen LogP contribution >= 0.6 is 0 Å². The Morgan fingerprint density at radius 2 is 1.76 bits per heavy atom. The highest BCUT2D eigenvalue weighted by atomic mass is 16.3. The van der Waals surface area contributed by atoms with Gasteiger partial charge in [-0.05, 0) is 24.3 Å². The third-order valence-corrected chi connectivity index (χ3v) is 5.84. The van der Waals surface area contributed by atoms with Crippen LogP contribution in [0.2, 0.25) is 0 Å². The second-order valence-corrected chi connectivity index (χ2v) is 8.06. The molecule has 0 aliphatic carbocycles. The lowest BCUT2D eigenvalue weighted by Crippen LogP contribution is -2.60. The Labute approximate surface area is 191 Å². The normalized spacial score (nSPS) is 19.2. The summed E-state index contributed by atoms with van der Waals surface area (Å²) in [4.78, 5) is 55.6. The lowest BCUT2D eigenvalue weighted by molar-refractivity contribution is -0.145. The van der Waals surface area contributed by atoms with E-state index < -0.39 is 6.04 Å².